The van der Waals surface area contributed by atoms with Gasteiger partial charge in [-0.15, -0.1) is 0 Å². The topological polar surface area (TPSA) is 107 Å². The van der Waals surface area contributed by atoms with Crippen molar-refractivity contribution in [2.75, 3.05) is 0 Å². The lowest BCUT2D eigenvalue weighted by atomic mass is 9.33. The van der Waals surface area contributed by atoms with E-state index in [-0.39, 0.29) is 63.7 Å². The maximum Gasteiger partial charge on any atom is 0.328 e. The van der Waals surface area contributed by atoms with Crippen molar-refractivity contribution < 1.29 is 33.8 Å². The second kappa shape index (κ2) is 12.1. The van der Waals surface area contributed by atoms with E-state index in [4.69, 9.17) is 9.47 Å². The van der Waals surface area contributed by atoms with Gasteiger partial charge in [0, 0.05) is 23.3 Å². The van der Waals surface area contributed by atoms with Gasteiger partial charge in [-0.05, 0) is 137 Å². The van der Waals surface area contributed by atoms with E-state index in [0.717, 1.165) is 56.9 Å². The minimum absolute atomic E-state index is 0.00867. The summed E-state index contributed by atoms with van der Waals surface area (Å²) in [6, 6.07) is 0. The minimum atomic E-state index is -0.978. The summed E-state index contributed by atoms with van der Waals surface area (Å²) in [5, 5.41) is 9.60. The average Bonchev–Trinajstić information content (AvgIpc) is 3.25. The van der Waals surface area contributed by atoms with Gasteiger partial charge in [0.1, 0.15) is 11.7 Å². The van der Waals surface area contributed by atoms with Crippen LogP contribution in [0.2, 0.25) is 0 Å². The van der Waals surface area contributed by atoms with Crippen molar-refractivity contribution in [1.29, 1.82) is 0 Å². The first kappa shape index (κ1) is 37.8. The Kier molecular flexibility index (Phi) is 9.32. The first-order chi connectivity index (χ1) is 22.3. The monoisotopic (exact) mass is 680 g/mol. The Morgan fingerprint density at radius 1 is 0.878 bits per heavy atom. The lowest BCUT2D eigenvalue weighted by Crippen LogP contribution is -2.65. The van der Waals surface area contributed by atoms with Crippen molar-refractivity contribution in [3.63, 3.8) is 0 Å². The number of hydrogen-bond donors (Lipinski definition) is 1. The zero-order chi connectivity index (χ0) is 36.8. The molecule has 4 saturated carbocycles. The number of aliphatic carboxylic acids is 1. The molecule has 0 aromatic rings. The Labute approximate surface area is 295 Å². The van der Waals surface area contributed by atoms with Crippen LogP contribution in [0.5, 0.6) is 0 Å². The van der Waals surface area contributed by atoms with Crippen molar-refractivity contribution in [3.05, 3.63) is 23.3 Å². The standard InChI is InChI=1S/C42H64O7/c1-25(2)33-27(43)23-42(20-17-31(44)45)22-21-40(11)26(34(33)42)13-14-29-39(10)18-16-30(38(8,9)28(39)15-19-41(29,40)12)48-32(46)24-37(6,7)35(47)49-36(3,4)5/h17,20,25-26,28-30H,13-16,18-19,21-24H2,1-12H3,(H,44,45)/b20-17+/t26-,28?,29-,30+,39+,40-,41-,42+/m1/s1. The molecular weight excluding hydrogens is 616 g/mol. The molecule has 7 nitrogen and oxygen atoms in total. The van der Waals surface area contributed by atoms with Crippen molar-refractivity contribution in [2.45, 2.75) is 159 Å². The molecule has 0 aromatic carbocycles. The fourth-order valence-electron chi connectivity index (χ4n) is 12.3. The third kappa shape index (κ3) is 6.05. The van der Waals surface area contributed by atoms with E-state index in [1.807, 2.05) is 26.8 Å². The van der Waals surface area contributed by atoms with Crippen molar-refractivity contribution in [2.24, 2.45) is 56.2 Å². The van der Waals surface area contributed by atoms with Crippen LogP contribution in [0, 0.1) is 56.2 Å². The Morgan fingerprint density at radius 2 is 1.53 bits per heavy atom. The predicted octanol–water partition coefficient (Wildman–Crippen LogP) is 9.28. The second-order valence-corrected chi connectivity index (χ2v) is 19.9. The number of ether oxygens (including phenoxy) is 2. The molecule has 274 valence electrons. The van der Waals surface area contributed by atoms with Gasteiger partial charge in [0.05, 0.1) is 11.8 Å². The first-order valence-electron chi connectivity index (χ1n) is 19.0. The highest BCUT2D eigenvalue weighted by molar-refractivity contribution is 6.01. The van der Waals surface area contributed by atoms with E-state index in [0.29, 0.717) is 18.3 Å². The van der Waals surface area contributed by atoms with Gasteiger partial charge in [0.25, 0.3) is 0 Å². The highest BCUT2D eigenvalue weighted by Crippen LogP contribution is 2.77. The summed E-state index contributed by atoms with van der Waals surface area (Å²) in [4.78, 5) is 51.7. The molecule has 7 heteroatoms. The van der Waals surface area contributed by atoms with Gasteiger partial charge < -0.3 is 14.6 Å². The zero-order valence-corrected chi connectivity index (χ0v) is 32.5. The number of carbonyl (C=O) groups excluding carboxylic acids is 3. The third-order valence-electron chi connectivity index (χ3n) is 14.8. The van der Waals surface area contributed by atoms with Crippen LogP contribution >= 0.6 is 0 Å². The third-order valence-corrected chi connectivity index (χ3v) is 14.8. The van der Waals surface area contributed by atoms with Gasteiger partial charge in [-0.2, -0.15) is 0 Å². The van der Waals surface area contributed by atoms with Gasteiger partial charge in [-0.1, -0.05) is 54.5 Å². The second-order valence-electron chi connectivity index (χ2n) is 19.9. The number of ketones is 1. The molecule has 0 bridgehead atoms. The van der Waals surface area contributed by atoms with Gasteiger partial charge in [-0.3, -0.25) is 14.4 Å². The molecule has 0 heterocycles. The molecule has 0 aliphatic heterocycles. The fourth-order valence-corrected chi connectivity index (χ4v) is 12.3. The Bertz CT molecular complexity index is 1460. The number of allylic oxidation sites excluding steroid dienone is 3. The molecular formula is C42H64O7. The zero-order valence-electron chi connectivity index (χ0n) is 32.5. The molecule has 0 aromatic heterocycles. The highest BCUT2D eigenvalue weighted by atomic mass is 16.6. The van der Waals surface area contributed by atoms with Gasteiger partial charge in [0.2, 0.25) is 0 Å². The van der Waals surface area contributed by atoms with E-state index in [1.165, 1.54) is 11.6 Å². The van der Waals surface area contributed by atoms with E-state index in [1.54, 1.807) is 13.8 Å². The molecule has 49 heavy (non-hydrogen) atoms. The van der Waals surface area contributed by atoms with Gasteiger partial charge in [-0.25, -0.2) is 4.79 Å². The molecule has 5 aliphatic rings. The maximum atomic E-state index is 13.7. The maximum absolute atomic E-state index is 13.7. The lowest BCUT2D eigenvalue weighted by molar-refractivity contribution is -0.232. The number of carbonyl (C=O) groups is 4. The predicted molar refractivity (Wildman–Crippen MR) is 190 cm³/mol. The quantitative estimate of drug-likeness (QED) is 0.211. The molecule has 1 unspecified atom stereocenters. The summed E-state index contributed by atoms with van der Waals surface area (Å²) in [7, 11) is 0. The molecule has 0 saturated heterocycles. The first-order valence-corrected chi connectivity index (χ1v) is 19.0. The summed E-state index contributed by atoms with van der Waals surface area (Å²) < 4.78 is 11.9. The SMILES string of the molecule is CC(C)C1=C2[C@H]3CC[C@@H]4[C@@]5(C)CC[C@H](OC(=O)CC(C)(C)C(=O)OC(C)(C)C)C(C)(C)C5CC[C@@]4(C)[C@]3(C)CC[C@@]2(/C=C/C(=O)O)CC1=O. The summed E-state index contributed by atoms with van der Waals surface area (Å²) in [6.07, 6.45) is 11.1. The van der Waals surface area contributed by atoms with Crippen LogP contribution in [0.3, 0.4) is 0 Å². The highest BCUT2D eigenvalue weighted by Gasteiger charge is 2.70. The molecule has 0 spiro atoms. The molecule has 4 fully saturated rings. The van der Waals surface area contributed by atoms with Crippen molar-refractivity contribution in [1.82, 2.24) is 0 Å². The molecule has 8 atom stereocenters. The van der Waals surface area contributed by atoms with Gasteiger partial charge in [0.15, 0.2) is 5.78 Å². The Morgan fingerprint density at radius 3 is 2.12 bits per heavy atom. The molecule has 0 amide bonds. The van der Waals surface area contributed by atoms with E-state index in [2.05, 4.69) is 48.5 Å². The van der Waals surface area contributed by atoms with Crippen LogP contribution in [-0.4, -0.2) is 40.5 Å². The van der Waals surface area contributed by atoms with E-state index < -0.39 is 22.4 Å². The number of fused-ring (bicyclic) bond motifs is 7. The molecule has 1 N–H and O–H groups in total. The number of carboxylic acids is 1. The van der Waals surface area contributed by atoms with Crippen molar-refractivity contribution >= 4 is 23.7 Å². The number of Topliss-reactive ketones (excluding diaryl/α,β-unsaturated/α-hetero) is 1. The van der Waals surface area contributed by atoms with Crippen LogP contribution in [0.15, 0.2) is 23.3 Å². The van der Waals surface area contributed by atoms with Crippen LogP contribution < -0.4 is 0 Å². The Hall–Kier alpha value is -2.44. The van der Waals surface area contributed by atoms with Crippen LogP contribution in [0.1, 0.15) is 147 Å². The average molecular weight is 681 g/mol. The Balaban J connectivity index is 1.40. The molecule has 0 radical (unpaired) electrons. The summed E-state index contributed by atoms with van der Waals surface area (Å²) >= 11 is 0. The van der Waals surface area contributed by atoms with Crippen LogP contribution in [-0.2, 0) is 28.7 Å². The van der Waals surface area contributed by atoms with Gasteiger partial charge >= 0.3 is 17.9 Å². The summed E-state index contributed by atoms with van der Waals surface area (Å²) in [5.74, 6) is -0.247. The summed E-state index contributed by atoms with van der Waals surface area (Å²) in [5.41, 5.74) is 0.0305. The van der Waals surface area contributed by atoms with E-state index >= 15 is 0 Å². The van der Waals surface area contributed by atoms with Crippen LogP contribution in [0.25, 0.3) is 0 Å². The number of hydrogen-bond acceptors (Lipinski definition) is 6. The minimum Gasteiger partial charge on any atom is -0.478 e. The fraction of sp³-hybridized carbons (Fsp3) is 0.810. The van der Waals surface area contributed by atoms with Crippen LogP contribution in [0.4, 0.5) is 0 Å². The van der Waals surface area contributed by atoms with E-state index in [9.17, 15) is 24.3 Å². The molecule has 5 rings (SSSR count). The smallest absolute Gasteiger partial charge is 0.328 e. The number of rotatable bonds is 7. The normalized spacial score (nSPS) is 38.8. The number of esters is 2. The number of carboxylic acid groups (broad SMARTS) is 1. The summed E-state index contributed by atoms with van der Waals surface area (Å²) in [6.45, 7) is 25.4. The lowest BCUT2D eigenvalue weighted by Gasteiger charge is -2.72. The van der Waals surface area contributed by atoms with Crippen molar-refractivity contribution in [3.8, 4) is 0 Å². The largest absolute Gasteiger partial charge is 0.478 e. The molecule has 5 aliphatic carbocycles.